The van der Waals surface area contributed by atoms with Gasteiger partial charge in [0.25, 0.3) is 0 Å². The zero-order valence-corrected chi connectivity index (χ0v) is 8.31. The maximum Gasteiger partial charge on any atom is 0.133 e. The van der Waals surface area contributed by atoms with Crippen LogP contribution < -0.4 is 0 Å². The number of Topliss-reactive ketones (excluding diaryl/α,β-unsaturated/α-hetero) is 1. The molecule has 0 spiro atoms. The smallest absolute Gasteiger partial charge is 0.133 e. The van der Waals surface area contributed by atoms with Gasteiger partial charge in [-0.15, -0.1) is 11.8 Å². The first-order valence-electron chi connectivity index (χ1n) is 4.58. The van der Waals surface area contributed by atoms with E-state index in [1.165, 1.54) is 0 Å². The van der Waals surface area contributed by atoms with Crippen molar-refractivity contribution in [1.29, 1.82) is 0 Å². The first kappa shape index (κ1) is 11.2. The van der Waals surface area contributed by atoms with Gasteiger partial charge in [0.15, 0.2) is 0 Å². The Bertz CT molecular complexity index is 181. The Kier molecular flexibility index (Phi) is 6.47. The second-order valence-corrected chi connectivity index (χ2v) is 3.40. The monoisotopic (exact) mass is 166 g/mol. The third-order valence-corrected chi connectivity index (χ3v) is 1.71. The van der Waals surface area contributed by atoms with Crippen LogP contribution in [0.2, 0.25) is 0 Å². The summed E-state index contributed by atoms with van der Waals surface area (Å²) >= 11 is 0. The van der Waals surface area contributed by atoms with Gasteiger partial charge in [-0.25, -0.2) is 0 Å². The lowest BCUT2D eigenvalue weighted by molar-refractivity contribution is -0.119. The lowest BCUT2D eigenvalue weighted by Crippen LogP contribution is -1.99. The van der Waals surface area contributed by atoms with Crippen LogP contribution in [0.15, 0.2) is 0 Å². The molecule has 0 unspecified atom stereocenters. The van der Waals surface area contributed by atoms with Crippen molar-refractivity contribution in [2.24, 2.45) is 5.92 Å². The van der Waals surface area contributed by atoms with Crippen molar-refractivity contribution in [3.05, 3.63) is 0 Å². The van der Waals surface area contributed by atoms with E-state index in [-0.39, 0.29) is 0 Å². The molecule has 0 bridgehead atoms. The molecule has 1 nitrogen and oxygen atoms in total. The van der Waals surface area contributed by atoms with E-state index in [4.69, 9.17) is 0 Å². The van der Waals surface area contributed by atoms with Crippen LogP contribution in [0.25, 0.3) is 0 Å². The van der Waals surface area contributed by atoms with Crippen LogP contribution in [0.4, 0.5) is 0 Å². The molecule has 0 fully saturated rings. The van der Waals surface area contributed by atoms with E-state index in [1.54, 1.807) is 6.92 Å². The maximum absolute atomic E-state index is 11.2. The number of hydrogen-bond acceptors (Lipinski definition) is 1. The van der Waals surface area contributed by atoms with Crippen molar-refractivity contribution in [1.82, 2.24) is 0 Å². The van der Waals surface area contributed by atoms with Gasteiger partial charge in [0, 0.05) is 19.3 Å². The Morgan fingerprint density at radius 2 is 2.00 bits per heavy atom. The minimum absolute atomic E-state index is 0.353. The largest absolute Gasteiger partial charge is 0.300 e. The van der Waals surface area contributed by atoms with Crippen LogP contribution in [0.3, 0.4) is 0 Å². The number of hydrogen-bond donors (Lipinski definition) is 0. The molecule has 0 aliphatic heterocycles. The molecule has 0 aliphatic carbocycles. The van der Waals surface area contributed by atoms with E-state index in [2.05, 4.69) is 25.7 Å². The molecule has 0 amide bonds. The van der Waals surface area contributed by atoms with E-state index in [9.17, 15) is 4.79 Å². The normalized spacial score (nSPS) is 9.33. The first-order chi connectivity index (χ1) is 5.66. The average molecular weight is 166 g/mol. The molecule has 0 atom stereocenters. The van der Waals surface area contributed by atoms with Gasteiger partial charge in [-0.2, -0.15) is 0 Å². The molecule has 0 N–H and O–H groups in total. The highest BCUT2D eigenvalue weighted by molar-refractivity contribution is 5.78. The Labute approximate surface area is 75.5 Å². The Balaban J connectivity index is 3.38. The molecular weight excluding hydrogens is 148 g/mol. The summed E-state index contributed by atoms with van der Waals surface area (Å²) in [7, 11) is 0. The van der Waals surface area contributed by atoms with Gasteiger partial charge in [0.05, 0.1) is 0 Å². The minimum Gasteiger partial charge on any atom is -0.300 e. The molecule has 0 aliphatic rings. The van der Waals surface area contributed by atoms with Crippen molar-refractivity contribution in [3.8, 4) is 11.8 Å². The van der Waals surface area contributed by atoms with Gasteiger partial charge in [0.1, 0.15) is 5.78 Å². The summed E-state index contributed by atoms with van der Waals surface area (Å²) in [5.74, 6) is 6.67. The number of ketones is 1. The molecule has 0 rings (SSSR count). The fourth-order valence-corrected chi connectivity index (χ4v) is 0.902. The second-order valence-electron chi connectivity index (χ2n) is 3.40. The zero-order valence-electron chi connectivity index (χ0n) is 8.31. The van der Waals surface area contributed by atoms with Crippen LogP contribution in [0, 0.1) is 17.8 Å². The van der Waals surface area contributed by atoms with Crippen molar-refractivity contribution in [2.75, 3.05) is 0 Å². The van der Waals surface area contributed by atoms with Crippen LogP contribution in [-0.2, 0) is 4.79 Å². The van der Waals surface area contributed by atoms with Gasteiger partial charge >= 0.3 is 0 Å². The molecule has 0 saturated carbocycles. The van der Waals surface area contributed by atoms with E-state index in [0.717, 1.165) is 19.3 Å². The third kappa shape index (κ3) is 7.34. The summed E-state index contributed by atoms with van der Waals surface area (Å²) < 4.78 is 0. The lowest BCUT2D eigenvalue weighted by atomic mass is 10.0. The maximum atomic E-state index is 11.2. The Hall–Kier alpha value is -0.770. The third-order valence-electron chi connectivity index (χ3n) is 1.71. The van der Waals surface area contributed by atoms with Gasteiger partial charge in [-0.1, -0.05) is 13.8 Å². The highest BCUT2D eigenvalue weighted by Crippen LogP contribution is 2.06. The Morgan fingerprint density at radius 1 is 1.33 bits per heavy atom. The molecule has 1 heteroatoms. The fraction of sp³-hybridized carbons (Fsp3) is 0.727. The van der Waals surface area contributed by atoms with Crippen LogP contribution in [0.5, 0.6) is 0 Å². The summed E-state index contributed by atoms with van der Waals surface area (Å²) in [4.78, 5) is 11.2. The summed E-state index contributed by atoms with van der Waals surface area (Å²) in [6, 6.07) is 0. The van der Waals surface area contributed by atoms with E-state index >= 15 is 0 Å². The first-order valence-corrected chi connectivity index (χ1v) is 4.58. The molecule has 0 aromatic heterocycles. The van der Waals surface area contributed by atoms with Crippen LogP contribution in [0.1, 0.15) is 46.5 Å². The summed E-state index contributed by atoms with van der Waals surface area (Å²) in [6.07, 6.45) is 3.10. The summed E-state index contributed by atoms with van der Waals surface area (Å²) in [5, 5.41) is 0. The van der Waals surface area contributed by atoms with Crippen molar-refractivity contribution >= 4 is 5.78 Å². The molecule has 0 aromatic rings. The topological polar surface area (TPSA) is 17.1 Å². The molecule has 0 saturated heterocycles. The van der Waals surface area contributed by atoms with Gasteiger partial charge in [0.2, 0.25) is 0 Å². The molecule has 68 valence electrons. The zero-order chi connectivity index (χ0) is 9.40. The second kappa shape index (κ2) is 6.91. The van der Waals surface area contributed by atoms with E-state index in [0.29, 0.717) is 18.1 Å². The fourth-order valence-electron chi connectivity index (χ4n) is 0.902. The summed E-state index contributed by atoms with van der Waals surface area (Å²) in [5.41, 5.74) is 0. The predicted octanol–water partition coefficient (Wildman–Crippen LogP) is 2.80. The standard InChI is InChI=1S/C11H18O/c1-4-5-6-7-11(12)9-8-10(2)3/h10H,6-9H2,1-3H3. The quantitative estimate of drug-likeness (QED) is 0.574. The van der Waals surface area contributed by atoms with E-state index in [1.807, 2.05) is 0 Å². The number of rotatable bonds is 5. The van der Waals surface area contributed by atoms with Crippen molar-refractivity contribution in [3.63, 3.8) is 0 Å². The predicted molar refractivity (Wildman–Crippen MR) is 51.8 cm³/mol. The highest BCUT2D eigenvalue weighted by atomic mass is 16.1. The number of carbonyl (C=O) groups excluding carboxylic acids is 1. The highest BCUT2D eigenvalue weighted by Gasteiger charge is 2.01. The minimum atomic E-state index is 0.353. The van der Waals surface area contributed by atoms with Crippen molar-refractivity contribution in [2.45, 2.75) is 46.5 Å². The molecule has 12 heavy (non-hydrogen) atoms. The SMILES string of the molecule is CC#CCCC(=O)CCC(C)C. The summed E-state index contributed by atoms with van der Waals surface area (Å²) in [6.45, 7) is 6.08. The van der Waals surface area contributed by atoms with E-state index < -0.39 is 0 Å². The van der Waals surface area contributed by atoms with Gasteiger partial charge < -0.3 is 0 Å². The average Bonchev–Trinajstić information content (AvgIpc) is 2.01. The van der Waals surface area contributed by atoms with Gasteiger partial charge in [-0.3, -0.25) is 4.79 Å². The number of carbonyl (C=O) groups is 1. The molecular formula is C11H18O. The Morgan fingerprint density at radius 3 is 2.50 bits per heavy atom. The van der Waals surface area contributed by atoms with Crippen LogP contribution >= 0.6 is 0 Å². The molecule has 0 heterocycles. The molecule has 0 aromatic carbocycles. The van der Waals surface area contributed by atoms with Gasteiger partial charge in [-0.05, 0) is 19.3 Å². The van der Waals surface area contributed by atoms with Crippen molar-refractivity contribution < 1.29 is 4.79 Å². The van der Waals surface area contributed by atoms with Crippen LogP contribution in [-0.4, -0.2) is 5.78 Å². The molecule has 0 radical (unpaired) electrons. The lowest BCUT2D eigenvalue weighted by Gasteiger charge is -2.01.